The Balaban J connectivity index is 0.00000242. The Labute approximate surface area is 144 Å². The van der Waals surface area contributed by atoms with Crippen molar-refractivity contribution in [1.29, 1.82) is 0 Å². The molecular weight excluding hydrogens is 373 g/mol. The number of hydrogen-bond donors (Lipinski definition) is 1. The summed E-state index contributed by atoms with van der Waals surface area (Å²) >= 11 is 3.47. The summed E-state index contributed by atoms with van der Waals surface area (Å²) in [7, 11) is 3.46. The number of methoxy groups -OCH3 is 1. The Bertz CT molecular complexity index is 625. The fourth-order valence-corrected chi connectivity index (χ4v) is 2.59. The molecule has 0 aliphatic heterocycles. The lowest BCUT2D eigenvalue weighted by molar-refractivity contribution is 0.277. The molecule has 0 bridgehead atoms. The van der Waals surface area contributed by atoms with Crippen LogP contribution in [0.2, 0.25) is 0 Å². The first-order chi connectivity index (χ1) is 10.2. The predicted octanol–water partition coefficient (Wildman–Crippen LogP) is 4.32. The highest BCUT2D eigenvalue weighted by Crippen LogP contribution is 2.37. The maximum absolute atomic E-state index is 13.6. The van der Waals surface area contributed by atoms with Gasteiger partial charge >= 0.3 is 0 Å². The first kappa shape index (κ1) is 18.7. The lowest BCUT2D eigenvalue weighted by atomic mass is 10.2. The fourth-order valence-electron chi connectivity index (χ4n) is 1.98. The van der Waals surface area contributed by atoms with Gasteiger partial charge in [0.25, 0.3) is 0 Å². The minimum Gasteiger partial charge on any atom is -0.493 e. The molecule has 1 N–H and O–H groups in total. The molecule has 0 spiro atoms. The number of benzene rings is 2. The molecule has 120 valence electrons. The monoisotopic (exact) mass is 389 g/mol. The van der Waals surface area contributed by atoms with E-state index in [1.165, 1.54) is 6.07 Å². The molecule has 6 heteroatoms. The van der Waals surface area contributed by atoms with Crippen LogP contribution in [0.25, 0.3) is 0 Å². The Morgan fingerprint density at radius 3 is 2.59 bits per heavy atom. The van der Waals surface area contributed by atoms with E-state index in [1.807, 2.05) is 19.2 Å². The summed E-state index contributed by atoms with van der Waals surface area (Å²) in [6, 6.07) is 10.4. The second-order valence-corrected chi connectivity index (χ2v) is 5.37. The smallest absolute Gasteiger partial charge is 0.175 e. The molecule has 0 aromatic heterocycles. The van der Waals surface area contributed by atoms with Gasteiger partial charge in [-0.2, -0.15) is 0 Å². The standard InChI is InChI=1S/C16H17BrFNO2.ClH/c1-19-9-11-7-13(17)16(15(8-11)20-2)21-10-12-5-3-4-6-14(12)18;/h3-8,19H,9-10H2,1-2H3;1H. The van der Waals surface area contributed by atoms with Crippen LogP contribution >= 0.6 is 28.3 Å². The van der Waals surface area contributed by atoms with Crippen molar-refractivity contribution in [3.8, 4) is 11.5 Å². The predicted molar refractivity (Wildman–Crippen MR) is 91.4 cm³/mol. The topological polar surface area (TPSA) is 30.5 Å². The summed E-state index contributed by atoms with van der Waals surface area (Å²) in [6.07, 6.45) is 0. The minimum absolute atomic E-state index is 0. The molecule has 0 saturated carbocycles. The third-order valence-electron chi connectivity index (χ3n) is 3.00. The maximum atomic E-state index is 13.6. The third-order valence-corrected chi connectivity index (χ3v) is 3.59. The summed E-state index contributed by atoms with van der Waals surface area (Å²) in [5, 5.41) is 3.08. The number of hydrogen-bond acceptors (Lipinski definition) is 3. The fraction of sp³-hybridized carbons (Fsp3) is 0.250. The lowest BCUT2D eigenvalue weighted by Gasteiger charge is -2.14. The van der Waals surface area contributed by atoms with Crippen molar-refractivity contribution in [3.63, 3.8) is 0 Å². The van der Waals surface area contributed by atoms with Gasteiger partial charge in [-0.15, -0.1) is 12.4 Å². The highest BCUT2D eigenvalue weighted by molar-refractivity contribution is 9.10. The number of nitrogens with one attached hydrogen (secondary N) is 1. The lowest BCUT2D eigenvalue weighted by Crippen LogP contribution is -2.06. The zero-order chi connectivity index (χ0) is 15.2. The maximum Gasteiger partial charge on any atom is 0.175 e. The molecule has 0 aliphatic rings. The second-order valence-electron chi connectivity index (χ2n) is 4.52. The zero-order valence-electron chi connectivity index (χ0n) is 12.4. The third kappa shape index (κ3) is 4.60. The summed E-state index contributed by atoms with van der Waals surface area (Å²) < 4.78 is 25.5. The zero-order valence-corrected chi connectivity index (χ0v) is 14.8. The van der Waals surface area contributed by atoms with Crippen molar-refractivity contribution in [1.82, 2.24) is 5.32 Å². The number of ether oxygens (including phenoxy) is 2. The highest BCUT2D eigenvalue weighted by Gasteiger charge is 2.12. The Hall–Kier alpha value is -1.30. The van der Waals surface area contributed by atoms with Crippen LogP contribution in [-0.4, -0.2) is 14.2 Å². The van der Waals surface area contributed by atoms with Crippen LogP contribution in [0.15, 0.2) is 40.9 Å². The van der Waals surface area contributed by atoms with Crippen LogP contribution in [0.1, 0.15) is 11.1 Å². The molecule has 0 saturated heterocycles. The van der Waals surface area contributed by atoms with Crippen LogP contribution in [0.5, 0.6) is 11.5 Å². The Morgan fingerprint density at radius 1 is 1.23 bits per heavy atom. The van der Waals surface area contributed by atoms with Crippen molar-refractivity contribution >= 4 is 28.3 Å². The minimum atomic E-state index is -0.278. The van der Waals surface area contributed by atoms with Gasteiger partial charge in [0.05, 0.1) is 11.6 Å². The average molecular weight is 391 g/mol. The Morgan fingerprint density at radius 2 is 1.95 bits per heavy atom. The quantitative estimate of drug-likeness (QED) is 0.797. The van der Waals surface area contributed by atoms with E-state index in [4.69, 9.17) is 9.47 Å². The molecule has 2 aromatic rings. The van der Waals surface area contributed by atoms with Gasteiger partial charge in [-0.3, -0.25) is 0 Å². The Kier molecular flexibility index (Phi) is 7.65. The van der Waals surface area contributed by atoms with E-state index >= 15 is 0 Å². The molecule has 2 aromatic carbocycles. The van der Waals surface area contributed by atoms with E-state index < -0.39 is 0 Å². The van der Waals surface area contributed by atoms with E-state index in [1.54, 1.807) is 25.3 Å². The van der Waals surface area contributed by atoms with Gasteiger partial charge in [0.1, 0.15) is 12.4 Å². The molecule has 3 nitrogen and oxygen atoms in total. The van der Waals surface area contributed by atoms with E-state index in [-0.39, 0.29) is 24.8 Å². The summed E-state index contributed by atoms with van der Waals surface area (Å²) in [6.45, 7) is 0.871. The molecule has 0 unspecified atom stereocenters. The number of halogens is 3. The van der Waals surface area contributed by atoms with Crippen molar-refractivity contribution in [3.05, 3.63) is 57.8 Å². The van der Waals surface area contributed by atoms with Gasteiger partial charge in [-0.25, -0.2) is 4.39 Å². The van der Waals surface area contributed by atoms with Gasteiger partial charge < -0.3 is 14.8 Å². The van der Waals surface area contributed by atoms with Crippen molar-refractivity contribution < 1.29 is 13.9 Å². The summed E-state index contributed by atoms with van der Waals surface area (Å²) in [4.78, 5) is 0. The van der Waals surface area contributed by atoms with Crippen molar-refractivity contribution in [2.24, 2.45) is 0 Å². The average Bonchev–Trinajstić information content (AvgIpc) is 2.47. The van der Waals surface area contributed by atoms with Crippen LogP contribution < -0.4 is 14.8 Å². The molecule has 0 atom stereocenters. The summed E-state index contributed by atoms with van der Waals surface area (Å²) in [5.41, 5.74) is 1.57. The largest absolute Gasteiger partial charge is 0.493 e. The highest BCUT2D eigenvalue weighted by atomic mass is 79.9. The normalized spacial score (nSPS) is 10.0. The SMILES string of the molecule is CNCc1cc(Br)c(OCc2ccccc2F)c(OC)c1.Cl. The van der Waals surface area contributed by atoms with E-state index in [2.05, 4.69) is 21.2 Å². The molecule has 0 fully saturated rings. The number of rotatable bonds is 6. The van der Waals surface area contributed by atoms with Gasteiger partial charge in [-0.05, 0) is 46.7 Å². The van der Waals surface area contributed by atoms with Crippen molar-refractivity contribution in [2.45, 2.75) is 13.2 Å². The molecule has 0 amide bonds. The first-order valence-corrected chi connectivity index (χ1v) is 7.32. The molecule has 0 aliphatic carbocycles. The van der Waals surface area contributed by atoms with Gasteiger partial charge in [0, 0.05) is 12.1 Å². The van der Waals surface area contributed by atoms with Gasteiger partial charge in [0.2, 0.25) is 0 Å². The van der Waals surface area contributed by atoms with E-state index in [0.717, 1.165) is 16.6 Å². The molecule has 22 heavy (non-hydrogen) atoms. The van der Waals surface area contributed by atoms with Crippen molar-refractivity contribution in [2.75, 3.05) is 14.2 Å². The van der Waals surface area contributed by atoms with Crippen LogP contribution in [0.4, 0.5) is 4.39 Å². The molecule has 0 heterocycles. The van der Waals surface area contributed by atoms with E-state index in [9.17, 15) is 4.39 Å². The molecule has 2 rings (SSSR count). The van der Waals surface area contributed by atoms with Crippen LogP contribution in [-0.2, 0) is 13.2 Å². The van der Waals surface area contributed by atoms with E-state index in [0.29, 0.717) is 17.1 Å². The van der Waals surface area contributed by atoms with Crippen LogP contribution in [0.3, 0.4) is 0 Å². The summed E-state index contributed by atoms with van der Waals surface area (Å²) in [5.74, 6) is 0.908. The molecular formula is C16H18BrClFNO2. The first-order valence-electron chi connectivity index (χ1n) is 6.53. The van der Waals surface area contributed by atoms with Crippen LogP contribution in [0, 0.1) is 5.82 Å². The second kappa shape index (κ2) is 8.98. The molecule has 0 radical (unpaired) electrons. The van der Waals surface area contributed by atoms with Gasteiger partial charge in [0.15, 0.2) is 11.5 Å². The van der Waals surface area contributed by atoms with Gasteiger partial charge in [-0.1, -0.05) is 18.2 Å².